The number of hydrogen-bond donors (Lipinski definition) is 2. The molecule has 0 aromatic carbocycles. The third-order valence-corrected chi connectivity index (χ3v) is 6.84. The van der Waals surface area contributed by atoms with Gasteiger partial charge in [0.15, 0.2) is 11.5 Å². The Hall–Kier alpha value is -4.13. The van der Waals surface area contributed by atoms with Gasteiger partial charge in [-0.05, 0) is 31.9 Å². The summed E-state index contributed by atoms with van der Waals surface area (Å²) in [5.41, 5.74) is 0.902. The highest BCUT2D eigenvalue weighted by Gasteiger charge is 2.34. The van der Waals surface area contributed by atoms with E-state index in [4.69, 9.17) is 0 Å². The third kappa shape index (κ3) is 4.11. The van der Waals surface area contributed by atoms with Crippen LogP contribution in [0, 0.1) is 19.8 Å². The standard InChI is InChI=1S/C23H24N8O4S/c1-4-5-31-13(3)7-16(28-31)26-21(33)14-8-29(9-14)17-6-12(2)18-19(32)15(22(34)35)10-30(20(18)27-17)23-24-11-25-36-23/h6-7,10-11,14H,4-5,8-9H2,1-3H3,(H,34,35)(H,26,28,33). The van der Waals surface area contributed by atoms with Gasteiger partial charge in [0.25, 0.3) is 0 Å². The predicted octanol–water partition coefficient (Wildman–Crippen LogP) is 2.23. The minimum Gasteiger partial charge on any atom is -0.477 e. The zero-order chi connectivity index (χ0) is 25.6. The van der Waals surface area contributed by atoms with Gasteiger partial charge in [-0.1, -0.05) is 6.92 Å². The Morgan fingerprint density at radius 2 is 2.03 bits per heavy atom. The molecule has 0 atom stereocenters. The van der Waals surface area contributed by atoms with E-state index >= 15 is 0 Å². The molecule has 0 bridgehead atoms. The molecular weight excluding hydrogens is 484 g/mol. The fraction of sp³-hybridized carbons (Fsp3) is 0.348. The summed E-state index contributed by atoms with van der Waals surface area (Å²) in [6.45, 7) is 7.47. The predicted molar refractivity (Wildman–Crippen MR) is 134 cm³/mol. The number of rotatable bonds is 7. The van der Waals surface area contributed by atoms with Crippen molar-refractivity contribution in [3.63, 3.8) is 0 Å². The molecular formula is C23H24N8O4S. The number of nitrogens with zero attached hydrogens (tertiary/aromatic N) is 7. The number of aromatic carboxylic acids is 1. The highest BCUT2D eigenvalue weighted by molar-refractivity contribution is 7.08. The van der Waals surface area contributed by atoms with Crippen molar-refractivity contribution in [2.24, 2.45) is 5.92 Å². The van der Waals surface area contributed by atoms with Crippen LogP contribution >= 0.6 is 11.5 Å². The normalized spacial score (nSPS) is 13.7. The fourth-order valence-corrected chi connectivity index (χ4v) is 4.79. The van der Waals surface area contributed by atoms with Crippen LogP contribution in [0.1, 0.15) is 35.0 Å². The molecule has 5 heterocycles. The zero-order valence-electron chi connectivity index (χ0n) is 19.9. The van der Waals surface area contributed by atoms with E-state index in [0.717, 1.165) is 30.2 Å². The second kappa shape index (κ2) is 9.15. The first-order valence-electron chi connectivity index (χ1n) is 11.4. The maximum absolute atomic E-state index is 12.9. The summed E-state index contributed by atoms with van der Waals surface area (Å²) >= 11 is 1.06. The topological polar surface area (TPSA) is 148 Å². The lowest BCUT2D eigenvalue weighted by molar-refractivity contribution is -0.120. The van der Waals surface area contributed by atoms with Crippen molar-refractivity contribution in [2.45, 2.75) is 33.7 Å². The molecule has 1 fully saturated rings. The third-order valence-electron chi connectivity index (χ3n) is 6.17. The minimum atomic E-state index is -1.32. The van der Waals surface area contributed by atoms with Crippen molar-refractivity contribution < 1.29 is 14.7 Å². The summed E-state index contributed by atoms with van der Waals surface area (Å²) in [5, 5.41) is 17.5. The number of aromatic nitrogens is 6. The van der Waals surface area contributed by atoms with Crippen LogP contribution in [0.25, 0.3) is 16.2 Å². The number of anilines is 2. The minimum absolute atomic E-state index is 0.109. The first-order valence-corrected chi connectivity index (χ1v) is 12.2. The lowest BCUT2D eigenvalue weighted by Gasteiger charge is -2.39. The molecule has 0 radical (unpaired) electrons. The van der Waals surface area contributed by atoms with E-state index < -0.39 is 11.4 Å². The molecule has 1 amide bonds. The van der Waals surface area contributed by atoms with E-state index in [1.165, 1.54) is 17.1 Å². The van der Waals surface area contributed by atoms with Crippen LogP contribution in [0.15, 0.2) is 29.5 Å². The first-order chi connectivity index (χ1) is 17.3. The molecule has 36 heavy (non-hydrogen) atoms. The van der Waals surface area contributed by atoms with Crippen LogP contribution in [-0.4, -0.2) is 58.8 Å². The van der Waals surface area contributed by atoms with E-state index in [1.54, 1.807) is 13.0 Å². The van der Waals surface area contributed by atoms with E-state index in [1.807, 2.05) is 22.6 Å². The quantitative estimate of drug-likeness (QED) is 0.383. The summed E-state index contributed by atoms with van der Waals surface area (Å²) in [7, 11) is 0. The Bertz CT molecular complexity index is 1540. The molecule has 1 saturated heterocycles. The van der Waals surface area contributed by atoms with Crippen LogP contribution in [0.2, 0.25) is 0 Å². The van der Waals surface area contributed by atoms with Gasteiger partial charge in [-0.15, -0.1) is 0 Å². The highest BCUT2D eigenvalue weighted by atomic mass is 32.1. The number of carbonyl (C=O) groups excluding carboxylic acids is 1. The SMILES string of the molecule is CCCn1nc(NC(=O)C2CN(c3cc(C)c4c(=O)c(C(=O)O)cn(-c5ncns5)c4n3)C2)cc1C. The number of pyridine rings is 2. The second-order valence-corrected chi connectivity index (χ2v) is 9.51. The average molecular weight is 509 g/mol. The summed E-state index contributed by atoms with van der Waals surface area (Å²) in [6.07, 6.45) is 3.54. The van der Waals surface area contributed by atoms with Gasteiger partial charge >= 0.3 is 5.97 Å². The fourth-order valence-electron chi connectivity index (χ4n) is 4.28. The van der Waals surface area contributed by atoms with Gasteiger partial charge in [-0.3, -0.25) is 18.8 Å². The van der Waals surface area contributed by atoms with Gasteiger partial charge in [0.2, 0.25) is 16.5 Å². The van der Waals surface area contributed by atoms with Crippen LogP contribution in [-0.2, 0) is 11.3 Å². The summed E-state index contributed by atoms with van der Waals surface area (Å²) in [4.78, 5) is 48.2. The molecule has 5 rings (SSSR count). The highest BCUT2D eigenvalue weighted by Crippen LogP contribution is 2.28. The Morgan fingerprint density at radius 3 is 2.69 bits per heavy atom. The Kier molecular flexibility index (Phi) is 6.00. The van der Waals surface area contributed by atoms with Gasteiger partial charge in [-0.2, -0.15) is 9.47 Å². The molecule has 2 N–H and O–H groups in total. The molecule has 0 aliphatic carbocycles. The summed E-state index contributed by atoms with van der Waals surface area (Å²) in [6, 6.07) is 3.60. The van der Waals surface area contributed by atoms with Gasteiger partial charge in [0, 0.05) is 49.1 Å². The number of nitrogens with one attached hydrogen (secondary N) is 1. The number of aryl methyl sites for hydroxylation is 3. The lowest BCUT2D eigenvalue weighted by Crippen LogP contribution is -2.52. The van der Waals surface area contributed by atoms with Crippen LogP contribution in [0.3, 0.4) is 0 Å². The van der Waals surface area contributed by atoms with Crippen molar-refractivity contribution in [3.8, 4) is 5.13 Å². The van der Waals surface area contributed by atoms with Gasteiger partial charge in [0.05, 0.1) is 11.3 Å². The molecule has 4 aromatic heterocycles. The Labute approximate surface area is 209 Å². The Morgan fingerprint density at radius 1 is 1.25 bits per heavy atom. The van der Waals surface area contributed by atoms with Crippen LogP contribution in [0.4, 0.5) is 11.6 Å². The molecule has 1 aliphatic rings. The van der Waals surface area contributed by atoms with Crippen molar-refractivity contribution in [2.75, 3.05) is 23.3 Å². The number of carboxylic acids is 1. The molecule has 13 heteroatoms. The number of hydrogen-bond acceptors (Lipinski definition) is 9. The van der Waals surface area contributed by atoms with E-state index in [0.29, 0.717) is 41.1 Å². The lowest BCUT2D eigenvalue weighted by atomic mass is 9.98. The van der Waals surface area contributed by atoms with Crippen LogP contribution in [0.5, 0.6) is 0 Å². The van der Waals surface area contributed by atoms with Crippen molar-refractivity contribution in [1.82, 2.24) is 28.7 Å². The molecule has 186 valence electrons. The Balaban J connectivity index is 1.41. The number of amides is 1. The molecule has 12 nitrogen and oxygen atoms in total. The van der Waals surface area contributed by atoms with Gasteiger partial charge in [0.1, 0.15) is 17.7 Å². The molecule has 0 saturated carbocycles. The van der Waals surface area contributed by atoms with Gasteiger partial charge < -0.3 is 15.3 Å². The molecule has 1 aliphatic heterocycles. The van der Waals surface area contributed by atoms with Crippen LogP contribution < -0.4 is 15.6 Å². The van der Waals surface area contributed by atoms with Crippen molar-refractivity contribution in [1.29, 1.82) is 0 Å². The van der Waals surface area contributed by atoms with E-state index in [9.17, 15) is 19.5 Å². The average Bonchev–Trinajstić information content (AvgIpc) is 3.43. The zero-order valence-corrected chi connectivity index (χ0v) is 20.7. The summed E-state index contributed by atoms with van der Waals surface area (Å²) < 4.78 is 7.34. The number of carbonyl (C=O) groups is 2. The van der Waals surface area contributed by atoms with Crippen molar-refractivity contribution >= 4 is 46.1 Å². The molecule has 4 aromatic rings. The maximum atomic E-state index is 12.9. The molecule has 0 unspecified atom stereocenters. The van der Waals surface area contributed by atoms with Crippen molar-refractivity contribution in [3.05, 3.63) is 51.7 Å². The van der Waals surface area contributed by atoms with Gasteiger partial charge in [-0.25, -0.2) is 14.8 Å². The summed E-state index contributed by atoms with van der Waals surface area (Å²) in [5.74, 6) is -0.539. The smallest absolute Gasteiger partial charge is 0.341 e. The molecule has 0 spiro atoms. The number of carboxylic acid groups (broad SMARTS) is 1. The monoisotopic (exact) mass is 508 g/mol. The largest absolute Gasteiger partial charge is 0.477 e. The number of fused-ring (bicyclic) bond motifs is 1. The van der Waals surface area contributed by atoms with E-state index in [2.05, 4.69) is 31.7 Å². The first kappa shape index (κ1) is 23.6. The van der Waals surface area contributed by atoms with E-state index in [-0.39, 0.29) is 22.8 Å². The second-order valence-electron chi connectivity index (χ2n) is 8.75. The maximum Gasteiger partial charge on any atom is 0.341 e.